The van der Waals surface area contributed by atoms with Crippen molar-refractivity contribution < 1.29 is 9.90 Å². The molecule has 0 spiro atoms. The Labute approximate surface area is 93.3 Å². The van der Waals surface area contributed by atoms with Crippen LogP contribution in [-0.4, -0.2) is 22.6 Å². The predicted octanol–water partition coefficient (Wildman–Crippen LogP) is 2.67. The van der Waals surface area contributed by atoms with Crippen LogP contribution in [0, 0.1) is 0 Å². The molecule has 1 aliphatic carbocycles. The average molecular weight is 213 g/mol. The fourth-order valence-electron chi connectivity index (χ4n) is 2.36. The van der Waals surface area contributed by atoms with E-state index in [0.29, 0.717) is 6.54 Å². The number of carbonyl (C=O) groups is 1. The van der Waals surface area contributed by atoms with Crippen LogP contribution in [0.4, 0.5) is 4.79 Å². The van der Waals surface area contributed by atoms with Gasteiger partial charge in [0.05, 0.1) is 0 Å². The molecule has 0 saturated heterocycles. The molecular weight excluding hydrogens is 202 g/mol. The molecule has 1 aliphatic heterocycles. The van der Waals surface area contributed by atoms with E-state index in [1.165, 1.54) is 16.0 Å². The molecule has 3 nitrogen and oxygen atoms in total. The molecule has 1 atom stereocenters. The van der Waals surface area contributed by atoms with Crippen LogP contribution in [0.3, 0.4) is 0 Å². The summed E-state index contributed by atoms with van der Waals surface area (Å²) in [4.78, 5) is 12.3. The van der Waals surface area contributed by atoms with Gasteiger partial charge in [0.25, 0.3) is 0 Å². The van der Waals surface area contributed by atoms with E-state index in [4.69, 9.17) is 5.11 Å². The first-order valence-electron chi connectivity index (χ1n) is 5.24. The van der Waals surface area contributed by atoms with E-state index >= 15 is 0 Å². The van der Waals surface area contributed by atoms with Gasteiger partial charge in [-0.25, -0.2) is 4.79 Å². The minimum Gasteiger partial charge on any atom is -0.465 e. The van der Waals surface area contributed by atoms with Crippen LogP contribution in [0.15, 0.2) is 42.1 Å². The van der Waals surface area contributed by atoms with Crippen molar-refractivity contribution in [3.05, 3.63) is 53.2 Å². The van der Waals surface area contributed by atoms with E-state index < -0.39 is 6.09 Å². The summed E-state index contributed by atoms with van der Waals surface area (Å²) in [5.41, 5.74) is 3.50. The topological polar surface area (TPSA) is 40.5 Å². The van der Waals surface area contributed by atoms with Crippen molar-refractivity contribution in [2.24, 2.45) is 0 Å². The fourth-order valence-corrected chi connectivity index (χ4v) is 2.36. The smallest absolute Gasteiger partial charge is 0.411 e. The minimum atomic E-state index is -0.882. The third kappa shape index (κ3) is 1.25. The van der Waals surface area contributed by atoms with Crippen LogP contribution in [0.5, 0.6) is 0 Å². The molecule has 3 heteroatoms. The Kier molecular flexibility index (Phi) is 1.86. The van der Waals surface area contributed by atoms with E-state index in [9.17, 15) is 4.79 Å². The van der Waals surface area contributed by atoms with Crippen molar-refractivity contribution in [3.8, 4) is 0 Å². The number of benzene rings is 1. The molecule has 2 aliphatic rings. The number of nitrogens with zero attached hydrogens (tertiary/aromatic N) is 1. The van der Waals surface area contributed by atoms with Crippen molar-refractivity contribution in [2.75, 3.05) is 6.54 Å². The lowest BCUT2D eigenvalue weighted by Crippen LogP contribution is -2.23. The lowest BCUT2D eigenvalue weighted by atomic mass is 9.85. The maximum Gasteiger partial charge on any atom is 0.411 e. The summed E-state index contributed by atoms with van der Waals surface area (Å²) < 4.78 is 0. The normalized spacial score (nSPS) is 21.4. The second-order valence-electron chi connectivity index (χ2n) is 4.08. The van der Waals surface area contributed by atoms with Crippen molar-refractivity contribution in [1.82, 2.24) is 4.90 Å². The van der Waals surface area contributed by atoms with Gasteiger partial charge in [0, 0.05) is 18.7 Å². The Morgan fingerprint density at radius 3 is 2.94 bits per heavy atom. The number of carboxylic acid groups (broad SMARTS) is 1. The molecule has 16 heavy (non-hydrogen) atoms. The highest BCUT2D eigenvalue weighted by atomic mass is 16.4. The molecule has 1 aromatic carbocycles. The standard InChI is InChI=1S/C13H11NO2/c15-13(16)14-7-10-6-5-9-3-1-2-4-11(9)12(10)8-14/h1-7,12H,8H2,(H,15,16). The van der Waals surface area contributed by atoms with Gasteiger partial charge in [0.15, 0.2) is 0 Å². The van der Waals surface area contributed by atoms with E-state index in [2.05, 4.69) is 12.1 Å². The number of allylic oxidation sites excluding steroid dienone is 1. The predicted molar refractivity (Wildman–Crippen MR) is 61.0 cm³/mol. The third-order valence-corrected chi connectivity index (χ3v) is 3.16. The first-order valence-corrected chi connectivity index (χ1v) is 5.24. The summed E-state index contributed by atoms with van der Waals surface area (Å²) >= 11 is 0. The first kappa shape index (κ1) is 9.21. The van der Waals surface area contributed by atoms with Gasteiger partial charge in [-0.15, -0.1) is 0 Å². The van der Waals surface area contributed by atoms with Crippen LogP contribution in [0.2, 0.25) is 0 Å². The quantitative estimate of drug-likeness (QED) is 0.719. The molecule has 0 saturated carbocycles. The lowest BCUT2D eigenvalue weighted by Gasteiger charge is -2.20. The molecule has 80 valence electrons. The Bertz CT molecular complexity index is 516. The van der Waals surface area contributed by atoms with Crippen LogP contribution < -0.4 is 0 Å². The molecule has 1 amide bonds. The maximum absolute atomic E-state index is 10.9. The molecule has 0 fully saturated rings. The van der Waals surface area contributed by atoms with Gasteiger partial charge in [0.2, 0.25) is 0 Å². The number of amides is 1. The average Bonchev–Trinajstić information content (AvgIpc) is 2.73. The molecule has 0 radical (unpaired) electrons. The number of fused-ring (bicyclic) bond motifs is 3. The van der Waals surface area contributed by atoms with Crippen LogP contribution in [-0.2, 0) is 0 Å². The second-order valence-corrected chi connectivity index (χ2v) is 4.08. The highest BCUT2D eigenvalue weighted by Crippen LogP contribution is 2.38. The summed E-state index contributed by atoms with van der Waals surface area (Å²) in [6, 6.07) is 8.13. The van der Waals surface area contributed by atoms with Gasteiger partial charge in [-0.2, -0.15) is 0 Å². The van der Waals surface area contributed by atoms with E-state index in [1.807, 2.05) is 24.3 Å². The largest absolute Gasteiger partial charge is 0.465 e. The monoisotopic (exact) mass is 213 g/mol. The van der Waals surface area contributed by atoms with Gasteiger partial charge < -0.3 is 5.11 Å². The summed E-state index contributed by atoms with van der Waals surface area (Å²) in [5, 5.41) is 8.97. The number of rotatable bonds is 0. The molecule has 0 aromatic heterocycles. The summed E-state index contributed by atoms with van der Waals surface area (Å²) in [6.45, 7) is 0.534. The van der Waals surface area contributed by atoms with Gasteiger partial charge in [0.1, 0.15) is 0 Å². The van der Waals surface area contributed by atoms with E-state index in [-0.39, 0.29) is 5.92 Å². The van der Waals surface area contributed by atoms with Gasteiger partial charge >= 0.3 is 6.09 Å². The molecule has 1 N–H and O–H groups in total. The minimum absolute atomic E-state index is 0.206. The van der Waals surface area contributed by atoms with E-state index in [0.717, 1.165) is 5.57 Å². The molecule has 3 rings (SSSR count). The Morgan fingerprint density at radius 1 is 1.31 bits per heavy atom. The Hall–Kier alpha value is -2.03. The summed E-state index contributed by atoms with van der Waals surface area (Å²) in [5.74, 6) is 0.206. The van der Waals surface area contributed by atoms with E-state index in [1.54, 1.807) is 6.20 Å². The highest BCUT2D eigenvalue weighted by Gasteiger charge is 2.30. The summed E-state index contributed by atoms with van der Waals surface area (Å²) in [6.07, 6.45) is 4.89. The molecule has 0 bridgehead atoms. The van der Waals surface area contributed by atoms with Crippen LogP contribution in [0.25, 0.3) is 6.08 Å². The SMILES string of the molecule is O=C(O)N1C=C2C=Cc3ccccc3C2C1. The molecular formula is C13H11NO2. The first-order chi connectivity index (χ1) is 7.75. The zero-order valence-corrected chi connectivity index (χ0v) is 8.63. The summed E-state index contributed by atoms with van der Waals surface area (Å²) in [7, 11) is 0. The Morgan fingerprint density at radius 2 is 2.12 bits per heavy atom. The van der Waals surface area contributed by atoms with Gasteiger partial charge in [-0.05, 0) is 16.7 Å². The van der Waals surface area contributed by atoms with Gasteiger partial charge in [-0.3, -0.25) is 4.90 Å². The van der Waals surface area contributed by atoms with Crippen LogP contribution >= 0.6 is 0 Å². The Balaban J connectivity index is 2.04. The highest BCUT2D eigenvalue weighted by molar-refractivity contribution is 5.71. The fraction of sp³-hybridized carbons (Fsp3) is 0.154. The molecule has 1 heterocycles. The van der Waals surface area contributed by atoms with Crippen LogP contribution in [0.1, 0.15) is 17.0 Å². The zero-order valence-electron chi connectivity index (χ0n) is 8.63. The maximum atomic E-state index is 10.9. The second kappa shape index (κ2) is 3.23. The van der Waals surface area contributed by atoms with Gasteiger partial charge in [-0.1, -0.05) is 36.4 Å². The van der Waals surface area contributed by atoms with Crippen molar-refractivity contribution in [3.63, 3.8) is 0 Å². The van der Waals surface area contributed by atoms with Crippen molar-refractivity contribution >= 4 is 12.2 Å². The zero-order chi connectivity index (χ0) is 11.1. The third-order valence-electron chi connectivity index (χ3n) is 3.16. The molecule has 1 unspecified atom stereocenters. The lowest BCUT2D eigenvalue weighted by molar-refractivity contribution is 0.165. The number of hydrogen-bond acceptors (Lipinski definition) is 1. The molecule has 1 aromatic rings. The van der Waals surface area contributed by atoms with Crippen molar-refractivity contribution in [1.29, 1.82) is 0 Å². The van der Waals surface area contributed by atoms with Crippen molar-refractivity contribution in [2.45, 2.75) is 5.92 Å². The number of hydrogen-bond donors (Lipinski definition) is 1.